The molecule has 23 heavy (non-hydrogen) atoms. The van der Waals surface area contributed by atoms with Gasteiger partial charge in [0, 0.05) is 17.9 Å². The topological polar surface area (TPSA) is 26.3 Å². The molecule has 0 bridgehead atoms. The van der Waals surface area contributed by atoms with Crippen molar-refractivity contribution in [3.8, 4) is 11.8 Å². The maximum atomic E-state index is 12.4. The molecule has 1 heterocycles. The first-order chi connectivity index (χ1) is 11.0. The van der Waals surface area contributed by atoms with Gasteiger partial charge in [0.2, 0.25) is 0 Å². The van der Waals surface area contributed by atoms with Crippen LogP contribution < -0.4 is 0 Å². The van der Waals surface area contributed by atoms with E-state index < -0.39 is 0 Å². The van der Waals surface area contributed by atoms with E-state index in [0.717, 1.165) is 17.6 Å². The van der Waals surface area contributed by atoms with Gasteiger partial charge in [0.05, 0.1) is 18.3 Å². The van der Waals surface area contributed by atoms with Crippen molar-refractivity contribution >= 4 is 5.78 Å². The van der Waals surface area contributed by atoms with Crippen LogP contribution in [0, 0.1) is 23.2 Å². The lowest BCUT2D eigenvalue weighted by Gasteiger charge is -2.31. The summed E-state index contributed by atoms with van der Waals surface area (Å²) < 4.78 is 6.04. The molecule has 0 spiro atoms. The minimum atomic E-state index is -0.0733. The quantitative estimate of drug-likeness (QED) is 0.625. The minimum Gasteiger partial charge on any atom is -0.373 e. The second-order valence-corrected chi connectivity index (χ2v) is 6.97. The molecule has 1 fully saturated rings. The van der Waals surface area contributed by atoms with Crippen molar-refractivity contribution < 1.29 is 9.53 Å². The molecule has 118 valence electrons. The van der Waals surface area contributed by atoms with Gasteiger partial charge >= 0.3 is 0 Å². The van der Waals surface area contributed by atoms with Gasteiger partial charge in [-0.05, 0) is 29.5 Å². The first-order valence-electron chi connectivity index (χ1n) is 8.10. The van der Waals surface area contributed by atoms with Crippen LogP contribution in [0.1, 0.15) is 32.3 Å². The molecule has 2 heteroatoms. The van der Waals surface area contributed by atoms with Gasteiger partial charge in [0.25, 0.3) is 0 Å². The maximum Gasteiger partial charge on any atom is 0.172 e. The second-order valence-electron chi connectivity index (χ2n) is 6.97. The van der Waals surface area contributed by atoms with Gasteiger partial charge in [-0.1, -0.05) is 50.0 Å². The Bertz CT molecular complexity index is 713. The smallest absolute Gasteiger partial charge is 0.172 e. The van der Waals surface area contributed by atoms with Crippen molar-refractivity contribution in [2.45, 2.75) is 32.8 Å². The molecule has 0 radical (unpaired) electrons. The van der Waals surface area contributed by atoms with E-state index in [1.54, 1.807) is 0 Å². The third-order valence-corrected chi connectivity index (χ3v) is 4.67. The molecule has 0 aromatic heterocycles. The summed E-state index contributed by atoms with van der Waals surface area (Å²) in [5.74, 6) is 6.64. The Morgan fingerprint density at radius 3 is 2.74 bits per heavy atom. The van der Waals surface area contributed by atoms with Crippen LogP contribution in [0.4, 0.5) is 0 Å². The fourth-order valence-corrected chi connectivity index (χ4v) is 3.52. The molecule has 1 saturated heterocycles. The Morgan fingerprint density at radius 1 is 1.30 bits per heavy atom. The summed E-state index contributed by atoms with van der Waals surface area (Å²) in [6.45, 7) is 8.81. The van der Waals surface area contributed by atoms with E-state index in [2.05, 4.69) is 32.3 Å². The zero-order chi connectivity index (χ0) is 16.4. The Hall–Kier alpha value is -2.11. The highest BCUT2D eigenvalue weighted by atomic mass is 16.5. The summed E-state index contributed by atoms with van der Waals surface area (Å²) >= 11 is 0. The Kier molecular flexibility index (Phi) is 4.24. The number of hydrogen-bond donors (Lipinski definition) is 0. The van der Waals surface area contributed by atoms with Gasteiger partial charge in [-0.25, -0.2) is 0 Å². The van der Waals surface area contributed by atoms with Gasteiger partial charge in [0.1, 0.15) is 0 Å². The van der Waals surface area contributed by atoms with Crippen LogP contribution in [-0.4, -0.2) is 18.5 Å². The minimum absolute atomic E-state index is 0.0444. The monoisotopic (exact) mass is 306 g/mol. The van der Waals surface area contributed by atoms with Crippen LogP contribution in [0.15, 0.2) is 54.1 Å². The SMILES string of the molecule is C=CCC(C)(C)[C@H]1OC[C@@H]2CC(=O)C(C#Cc3ccccc3)=C21. The number of ketones is 1. The Balaban J connectivity index is 1.99. The number of Topliss-reactive ketones (excluding diaryl/α,β-unsaturated/α-hetero) is 1. The van der Waals surface area contributed by atoms with E-state index in [1.165, 1.54) is 0 Å². The van der Waals surface area contributed by atoms with Crippen molar-refractivity contribution in [3.05, 3.63) is 59.7 Å². The average Bonchev–Trinajstić information content (AvgIpc) is 3.05. The Labute approximate surface area is 138 Å². The number of ether oxygens (including phenoxy) is 1. The maximum absolute atomic E-state index is 12.4. The highest BCUT2D eigenvalue weighted by Crippen LogP contribution is 2.46. The predicted octanol–water partition coefficient (Wildman–Crippen LogP) is 3.92. The largest absolute Gasteiger partial charge is 0.373 e. The van der Waals surface area contributed by atoms with Crippen LogP contribution in [0.25, 0.3) is 0 Å². The zero-order valence-electron chi connectivity index (χ0n) is 13.8. The predicted molar refractivity (Wildman–Crippen MR) is 91.8 cm³/mol. The molecule has 1 aromatic rings. The van der Waals surface area contributed by atoms with Crippen molar-refractivity contribution in [3.63, 3.8) is 0 Å². The zero-order valence-corrected chi connectivity index (χ0v) is 13.8. The van der Waals surface area contributed by atoms with Crippen molar-refractivity contribution in [2.24, 2.45) is 11.3 Å². The van der Waals surface area contributed by atoms with Crippen LogP contribution in [0.3, 0.4) is 0 Å². The summed E-state index contributed by atoms with van der Waals surface area (Å²) in [6, 6.07) is 9.78. The van der Waals surface area contributed by atoms with E-state index in [9.17, 15) is 4.79 Å². The lowest BCUT2D eigenvalue weighted by atomic mass is 9.78. The number of fused-ring (bicyclic) bond motifs is 1. The van der Waals surface area contributed by atoms with E-state index in [0.29, 0.717) is 18.6 Å². The fraction of sp³-hybridized carbons (Fsp3) is 0.381. The molecule has 1 aliphatic carbocycles. The van der Waals surface area contributed by atoms with Gasteiger partial charge in [-0.15, -0.1) is 6.58 Å². The highest BCUT2D eigenvalue weighted by Gasteiger charge is 2.46. The lowest BCUT2D eigenvalue weighted by molar-refractivity contribution is -0.115. The van der Waals surface area contributed by atoms with Gasteiger partial charge in [0.15, 0.2) is 5.78 Å². The molecule has 1 aliphatic heterocycles. The van der Waals surface area contributed by atoms with Crippen molar-refractivity contribution in [2.75, 3.05) is 6.61 Å². The van der Waals surface area contributed by atoms with Crippen LogP contribution in [0.2, 0.25) is 0 Å². The number of rotatable bonds is 3. The van der Waals surface area contributed by atoms with Crippen LogP contribution in [-0.2, 0) is 9.53 Å². The van der Waals surface area contributed by atoms with Crippen LogP contribution in [0.5, 0.6) is 0 Å². The molecular weight excluding hydrogens is 284 g/mol. The van der Waals surface area contributed by atoms with E-state index in [-0.39, 0.29) is 23.2 Å². The van der Waals surface area contributed by atoms with Gasteiger partial charge in [-0.3, -0.25) is 4.79 Å². The molecule has 2 nitrogen and oxygen atoms in total. The summed E-state index contributed by atoms with van der Waals surface area (Å²) in [6.07, 6.45) is 3.26. The molecule has 2 aliphatic rings. The fourth-order valence-electron chi connectivity index (χ4n) is 3.52. The Morgan fingerprint density at radius 2 is 2.04 bits per heavy atom. The van der Waals surface area contributed by atoms with Crippen LogP contribution >= 0.6 is 0 Å². The van der Waals surface area contributed by atoms with Crippen molar-refractivity contribution in [1.82, 2.24) is 0 Å². The molecule has 3 rings (SSSR count). The number of allylic oxidation sites excluding steroid dienone is 2. The van der Waals surface area contributed by atoms with Gasteiger partial charge in [-0.2, -0.15) is 0 Å². The van der Waals surface area contributed by atoms with E-state index in [4.69, 9.17) is 4.74 Å². The summed E-state index contributed by atoms with van der Waals surface area (Å²) in [4.78, 5) is 12.4. The summed E-state index contributed by atoms with van der Waals surface area (Å²) in [5, 5.41) is 0. The van der Waals surface area contributed by atoms with Gasteiger partial charge < -0.3 is 4.74 Å². The average molecular weight is 306 g/mol. The highest BCUT2D eigenvalue weighted by molar-refractivity contribution is 6.03. The normalized spacial score (nSPS) is 23.5. The molecule has 1 aromatic carbocycles. The second kappa shape index (κ2) is 6.18. The number of hydrogen-bond acceptors (Lipinski definition) is 2. The third-order valence-electron chi connectivity index (χ3n) is 4.67. The molecule has 0 amide bonds. The number of carbonyl (C=O) groups excluding carboxylic acids is 1. The molecular formula is C21H22O2. The number of benzene rings is 1. The molecule has 0 saturated carbocycles. The van der Waals surface area contributed by atoms with Crippen molar-refractivity contribution in [1.29, 1.82) is 0 Å². The standard InChI is InChI=1S/C21H22O2/c1-4-12-21(2,3)20-19-16(14-23-20)13-18(22)17(19)11-10-15-8-6-5-7-9-15/h4-9,16,20H,1,12-14H2,2-3H3/t16-,20-/m0/s1. The third kappa shape index (κ3) is 3.02. The van der Waals surface area contributed by atoms with E-state index in [1.807, 2.05) is 36.4 Å². The molecule has 0 N–H and O–H groups in total. The summed E-state index contributed by atoms with van der Waals surface area (Å²) in [5.41, 5.74) is 2.65. The first-order valence-corrected chi connectivity index (χ1v) is 8.10. The molecule has 2 atom stereocenters. The van der Waals surface area contributed by atoms with E-state index >= 15 is 0 Å². The molecule has 0 unspecified atom stereocenters. The summed E-state index contributed by atoms with van der Waals surface area (Å²) in [7, 11) is 0. The lowest BCUT2D eigenvalue weighted by Crippen LogP contribution is -2.30. The first kappa shape index (κ1) is 15.8. The number of carbonyl (C=O) groups is 1.